The van der Waals surface area contributed by atoms with Gasteiger partial charge in [0.15, 0.2) is 0 Å². The van der Waals surface area contributed by atoms with Crippen LogP contribution in [0, 0.1) is 0 Å². The van der Waals surface area contributed by atoms with Gasteiger partial charge in [-0.25, -0.2) is 0 Å². The third kappa shape index (κ3) is 5.39. The van der Waals surface area contributed by atoms with E-state index in [9.17, 15) is 0 Å². The van der Waals surface area contributed by atoms with E-state index >= 15 is 0 Å². The minimum atomic E-state index is -0.0553. The molecule has 56 heavy (non-hydrogen) atoms. The van der Waals surface area contributed by atoms with Crippen LogP contribution in [0.2, 0.25) is 0 Å². The van der Waals surface area contributed by atoms with Gasteiger partial charge < -0.3 is 9.32 Å². The molecule has 8 aromatic rings. The largest absolute Gasteiger partial charge is 0.456 e. The molecule has 1 fully saturated rings. The number of thioether (sulfide) groups is 1. The van der Waals surface area contributed by atoms with Gasteiger partial charge in [-0.15, -0.1) is 11.8 Å². The van der Waals surface area contributed by atoms with Gasteiger partial charge in [-0.1, -0.05) is 154 Å². The topological polar surface area (TPSA) is 16.4 Å². The molecule has 2 atom stereocenters. The summed E-state index contributed by atoms with van der Waals surface area (Å²) in [6.45, 7) is 2.40. The van der Waals surface area contributed by atoms with E-state index in [-0.39, 0.29) is 5.41 Å². The summed E-state index contributed by atoms with van der Waals surface area (Å²) in [5.74, 6) is 0.600. The van der Waals surface area contributed by atoms with Crippen molar-refractivity contribution in [3.63, 3.8) is 0 Å². The van der Waals surface area contributed by atoms with Crippen LogP contribution < -0.4 is 4.90 Å². The van der Waals surface area contributed by atoms with Gasteiger partial charge in [0.1, 0.15) is 11.2 Å². The molecule has 0 saturated heterocycles. The summed E-state index contributed by atoms with van der Waals surface area (Å²) >= 11 is 2.00. The highest BCUT2D eigenvalue weighted by Crippen LogP contribution is 2.57. The maximum absolute atomic E-state index is 6.17. The van der Waals surface area contributed by atoms with Crippen LogP contribution in [-0.2, 0) is 5.41 Å². The van der Waals surface area contributed by atoms with Crippen molar-refractivity contribution in [3.8, 4) is 22.3 Å². The summed E-state index contributed by atoms with van der Waals surface area (Å²) < 4.78 is 6.17. The summed E-state index contributed by atoms with van der Waals surface area (Å²) in [4.78, 5) is 3.89. The highest BCUT2D eigenvalue weighted by Gasteiger charge is 2.43. The quantitative estimate of drug-likeness (QED) is 0.169. The molecule has 0 N–H and O–H groups in total. The second-order valence-corrected chi connectivity index (χ2v) is 17.2. The van der Waals surface area contributed by atoms with Crippen molar-refractivity contribution in [2.75, 3.05) is 4.90 Å². The highest BCUT2D eigenvalue weighted by atomic mass is 32.2. The van der Waals surface area contributed by atoms with Crippen molar-refractivity contribution in [2.45, 2.75) is 60.5 Å². The van der Waals surface area contributed by atoms with E-state index in [4.69, 9.17) is 4.42 Å². The zero-order valence-electron chi connectivity index (χ0n) is 31.6. The molecule has 2 aliphatic carbocycles. The zero-order chi connectivity index (χ0) is 37.2. The van der Waals surface area contributed by atoms with Crippen molar-refractivity contribution in [1.29, 1.82) is 0 Å². The number of hydrogen-bond acceptors (Lipinski definition) is 3. The van der Waals surface area contributed by atoms with Gasteiger partial charge in [0, 0.05) is 37.6 Å². The van der Waals surface area contributed by atoms with Crippen LogP contribution in [-0.4, -0.2) is 5.25 Å². The first-order chi connectivity index (χ1) is 27.6. The van der Waals surface area contributed by atoms with E-state index < -0.39 is 0 Å². The maximum atomic E-state index is 6.17. The molecular formula is C53H43NOS. The van der Waals surface area contributed by atoms with Crippen molar-refractivity contribution >= 4 is 61.5 Å². The molecule has 7 aromatic carbocycles. The number of anilines is 3. The van der Waals surface area contributed by atoms with E-state index in [1.807, 2.05) is 23.9 Å². The van der Waals surface area contributed by atoms with Gasteiger partial charge in [0.2, 0.25) is 0 Å². The lowest BCUT2D eigenvalue weighted by atomic mass is 9.77. The fourth-order valence-electron chi connectivity index (χ4n) is 9.86. The number of rotatable bonds is 6. The number of nitrogens with zero attached hydrogens (tertiary/aromatic N) is 1. The number of allylic oxidation sites excluding steroid dienone is 3. The van der Waals surface area contributed by atoms with Gasteiger partial charge in [-0.3, -0.25) is 0 Å². The minimum absolute atomic E-state index is 0.0553. The Morgan fingerprint density at radius 1 is 0.625 bits per heavy atom. The Bertz CT molecular complexity index is 2850. The molecule has 0 spiro atoms. The normalized spacial score (nSPS) is 19.1. The number of para-hydroxylation sites is 2. The van der Waals surface area contributed by atoms with Gasteiger partial charge in [0.05, 0.1) is 11.4 Å². The number of fused-ring (bicyclic) bond motifs is 7. The summed E-state index contributed by atoms with van der Waals surface area (Å²) in [6.07, 6.45) is 15.7. The molecule has 11 rings (SSSR count). The molecule has 0 bridgehead atoms. The van der Waals surface area contributed by atoms with Crippen molar-refractivity contribution < 1.29 is 4.42 Å². The third-order valence-corrected chi connectivity index (χ3v) is 14.3. The van der Waals surface area contributed by atoms with Gasteiger partial charge in [-0.05, 0) is 99.8 Å². The van der Waals surface area contributed by atoms with E-state index in [2.05, 4.69) is 170 Å². The first kappa shape index (κ1) is 33.6. The number of furan rings is 1. The summed E-state index contributed by atoms with van der Waals surface area (Å²) in [5, 5.41) is 5.39. The number of hydrogen-bond donors (Lipinski definition) is 0. The van der Waals surface area contributed by atoms with Crippen LogP contribution in [0.25, 0.3) is 55.0 Å². The minimum Gasteiger partial charge on any atom is -0.456 e. The zero-order valence-corrected chi connectivity index (χ0v) is 32.4. The lowest BCUT2D eigenvalue weighted by Gasteiger charge is -2.31. The molecule has 272 valence electrons. The average Bonchev–Trinajstić information content (AvgIpc) is 3.79. The monoisotopic (exact) mass is 741 g/mol. The standard InChI is InChI=1S/C53H43NOS/c1-53-33-10-9-26-50(53)56-52-45(53)22-13-24-47(52)54(39-30-27-35(28-31-39)38-29-32-49-44(34-38)42-19-6-8-25-48(42)55-49)46-23-7-5-18-41(46)43-21-12-17-37-16-11-20-40(51(37)43)36-14-3-2-4-15-36/h5-13,16-34,36,50H,2-4,14-15H2,1H3. The first-order valence-electron chi connectivity index (χ1n) is 20.2. The third-order valence-electron chi connectivity index (χ3n) is 12.7. The van der Waals surface area contributed by atoms with Crippen LogP contribution >= 0.6 is 11.8 Å². The van der Waals surface area contributed by atoms with Gasteiger partial charge in [0.25, 0.3) is 0 Å². The lowest BCUT2D eigenvalue weighted by Crippen LogP contribution is -2.28. The summed E-state index contributed by atoms with van der Waals surface area (Å²) in [7, 11) is 0. The van der Waals surface area contributed by atoms with Crippen LogP contribution in [0.1, 0.15) is 56.1 Å². The molecule has 2 nitrogen and oxygen atoms in total. The molecule has 1 aromatic heterocycles. The molecule has 0 radical (unpaired) electrons. The molecule has 2 unspecified atom stereocenters. The van der Waals surface area contributed by atoms with Gasteiger partial charge >= 0.3 is 0 Å². The molecule has 0 amide bonds. The Kier molecular flexibility index (Phi) is 8.07. The Labute approximate surface area is 333 Å². The maximum Gasteiger partial charge on any atom is 0.135 e. The summed E-state index contributed by atoms with van der Waals surface area (Å²) in [6, 6.07) is 54.0. The molecule has 3 heteroatoms. The van der Waals surface area contributed by atoms with Crippen molar-refractivity contribution in [3.05, 3.63) is 181 Å². The van der Waals surface area contributed by atoms with Crippen LogP contribution in [0.15, 0.2) is 179 Å². The van der Waals surface area contributed by atoms with E-state index in [0.29, 0.717) is 11.2 Å². The number of benzene rings is 7. The van der Waals surface area contributed by atoms with Crippen LogP contribution in [0.3, 0.4) is 0 Å². The molecule has 1 saturated carbocycles. The lowest BCUT2D eigenvalue weighted by molar-refractivity contribution is 0.445. The SMILES string of the molecule is CC12C=CC=CC1Sc1c(N(c3ccc(-c4ccc5oc6ccccc6c5c4)cc3)c3ccccc3-c3cccc4cccc(C5CCCCC5)c34)cccc12. The molecule has 3 aliphatic rings. The molecule has 1 aliphatic heterocycles. The predicted octanol–water partition coefficient (Wildman–Crippen LogP) is 15.4. The highest BCUT2D eigenvalue weighted by molar-refractivity contribution is 8.00. The fraction of sp³-hybridized carbons (Fsp3) is 0.170. The Morgan fingerprint density at radius 3 is 2.25 bits per heavy atom. The average molecular weight is 742 g/mol. The van der Waals surface area contributed by atoms with Gasteiger partial charge in [-0.2, -0.15) is 0 Å². The molecule has 2 heterocycles. The molecular weight excluding hydrogens is 699 g/mol. The van der Waals surface area contributed by atoms with Crippen molar-refractivity contribution in [1.82, 2.24) is 0 Å². The van der Waals surface area contributed by atoms with Crippen molar-refractivity contribution in [2.24, 2.45) is 0 Å². The van der Waals surface area contributed by atoms with Crippen LogP contribution in [0.5, 0.6) is 0 Å². The van der Waals surface area contributed by atoms with E-state index in [0.717, 1.165) is 27.6 Å². The fourth-order valence-corrected chi connectivity index (χ4v) is 11.4. The second kappa shape index (κ2) is 13.5. The van der Waals surface area contributed by atoms with E-state index in [1.54, 1.807) is 0 Å². The Hall–Kier alpha value is -5.77. The Morgan fingerprint density at radius 2 is 1.36 bits per heavy atom. The second-order valence-electron chi connectivity index (χ2n) is 16.0. The summed E-state index contributed by atoms with van der Waals surface area (Å²) in [5.41, 5.74) is 13.2. The first-order valence-corrected chi connectivity index (χ1v) is 21.1. The van der Waals surface area contributed by atoms with E-state index in [1.165, 1.54) is 92.5 Å². The predicted molar refractivity (Wildman–Crippen MR) is 238 cm³/mol. The smallest absolute Gasteiger partial charge is 0.135 e. The van der Waals surface area contributed by atoms with Crippen LogP contribution in [0.4, 0.5) is 17.1 Å². The Balaban J connectivity index is 1.10.